The van der Waals surface area contributed by atoms with Crippen molar-refractivity contribution in [3.63, 3.8) is 0 Å². The van der Waals surface area contributed by atoms with Crippen LogP contribution < -0.4 is 4.74 Å². The van der Waals surface area contributed by atoms with Crippen molar-refractivity contribution in [3.8, 4) is 11.6 Å². The van der Waals surface area contributed by atoms with Gasteiger partial charge in [0.25, 0.3) is 0 Å². The molecule has 2 aromatic heterocycles. The highest BCUT2D eigenvalue weighted by molar-refractivity contribution is 14.1. The van der Waals surface area contributed by atoms with E-state index in [1.807, 2.05) is 30.5 Å². The highest BCUT2D eigenvalue weighted by Gasteiger charge is 2.40. The fraction of sp³-hybridized carbons (Fsp3) is 0.467. The van der Waals surface area contributed by atoms with Gasteiger partial charge >= 0.3 is 6.09 Å². The Hall–Kier alpha value is -2.37. The number of hydrogen-bond acceptors (Lipinski definition) is 4. The van der Waals surface area contributed by atoms with Crippen LogP contribution in [-0.4, -0.2) is 53.2 Å². The molecule has 0 unspecified atom stereocenters. The number of pyridine rings is 1. The maximum Gasteiger partial charge on any atom is 0.407 e. The van der Waals surface area contributed by atoms with Crippen LogP contribution in [0.3, 0.4) is 0 Å². The molecule has 0 spiro atoms. The molecule has 0 fully saturated rings. The van der Waals surface area contributed by atoms with Crippen LogP contribution in [0.25, 0.3) is 5.82 Å². The van der Waals surface area contributed by atoms with Crippen molar-refractivity contribution >= 4 is 37.0 Å². The molecule has 0 saturated carbocycles. The molecule has 1 amide bonds. The summed E-state index contributed by atoms with van der Waals surface area (Å²) in [6.45, 7) is 15.6. The van der Waals surface area contributed by atoms with Gasteiger partial charge in [-0.15, -0.1) is 0 Å². The summed E-state index contributed by atoms with van der Waals surface area (Å²) in [5, 5.41) is 10.2. The van der Waals surface area contributed by atoms with Crippen LogP contribution >= 0.6 is 22.6 Å². The summed E-state index contributed by atoms with van der Waals surface area (Å²) in [5.41, 5.74) is 4.28. The monoisotopic (exact) mass is 661 g/mol. The van der Waals surface area contributed by atoms with Crippen LogP contribution in [0, 0.1) is 17.4 Å². The molecule has 1 aromatic carbocycles. The second-order valence-corrected chi connectivity index (χ2v) is 18.0. The van der Waals surface area contributed by atoms with E-state index >= 15 is 0 Å². The first-order valence-electron chi connectivity index (χ1n) is 13.5. The Kier molecular flexibility index (Phi) is 8.82. The zero-order valence-corrected chi connectivity index (χ0v) is 27.2. The van der Waals surface area contributed by atoms with Crippen molar-refractivity contribution in [1.29, 1.82) is 0 Å². The summed E-state index contributed by atoms with van der Waals surface area (Å²) in [5.74, 6) is 1.69. The SMILES string of the molecule is Cc1ccc(C)n1-c1ccc([C@@H](CN(C[C@H]2CCc3cc(I)ccc3O2)C(=O)O)O[Si](C)(C)C(C)(C)C)cn1. The number of hydrogen-bond donors (Lipinski definition) is 1. The third-order valence-electron chi connectivity index (χ3n) is 8.02. The quantitative estimate of drug-likeness (QED) is 0.200. The van der Waals surface area contributed by atoms with Crippen molar-refractivity contribution in [3.05, 3.63) is 74.7 Å². The molecular weight excluding hydrogens is 621 g/mol. The number of halogens is 1. The summed E-state index contributed by atoms with van der Waals surface area (Å²) in [4.78, 5) is 18.7. The van der Waals surface area contributed by atoms with Gasteiger partial charge in [-0.2, -0.15) is 0 Å². The Morgan fingerprint density at radius 2 is 1.90 bits per heavy atom. The van der Waals surface area contributed by atoms with Crippen molar-refractivity contribution < 1.29 is 19.1 Å². The lowest BCUT2D eigenvalue weighted by Gasteiger charge is -2.40. The topological polar surface area (TPSA) is 76.8 Å². The first-order chi connectivity index (χ1) is 18.2. The van der Waals surface area contributed by atoms with Gasteiger partial charge in [0.15, 0.2) is 8.32 Å². The van der Waals surface area contributed by atoms with E-state index in [-0.39, 0.29) is 24.2 Å². The predicted molar refractivity (Wildman–Crippen MR) is 166 cm³/mol. The van der Waals surface area contributed by atoms with Gasteiger partial charge in [-0.25, -0.2) is 9.78 Å². The largest absolute Gasteiger partial charge is 0.488 e. The summed E-state index contributed by atoms with van der Waals surface area (Å²) in [6.07, 6.45) is 1.86. The molecule has 0 aliphatic carbocycles. The highest BCUT2D eigenvalue weighted by Crippen LogP contribution is 2.40. The number of carboxylic acid groups (broad SMARTS) is 1. The molecule has 1 aliphatic rings. The van der Waals surface area contributed by atoms with Gasteiger partial charge < -0.3 is 23.7 Å². The van der Waals surface area contributed by atoms with E-state index in [2.05, 4.69) is 93.1 Å². The fourth-order valence-electron chi connectivity index (χ4n) is 4.71. The van der Waals surface area contributed by atoms with Crippen LogP contribution in [0.15, 0.2) is 48.7 Å². The Morgan fingerprint density at radius 3 is 2.49 bits per heavy atom. The van der Waals surface area contributed by atoms with Crippen molar-refractivity contribution in [2.24, 2.45) is 0 Å². The van der Waals surface area contributed by atoms with Gasteiger partial charge in [-0.1, -0.05) is 26.8 Å². The first kappa shape index (κ1) is 29.6. The molecule has 4 rings (SSSR count). The van der Waals surface area contributed by atoms with Crippen molar-refractivity contribution in [2.45, 2.75) is 77.8 Å². The molecule has 0 bridgehead atoms. The molecule has 39 heavy (non-hydrogen) atoms. The lowest BCUT2D eigenvalue weighted by molar-refractivity contribution is 0.0688. The fourth-order valence-corrected chi connectivity index (χ4v) is 6.54. The minimum absolute atomic E-state index is 0.0280. The summed E-state index contributed by atoms with van der Waals surface area (Å²) >= 11 is 2.30. The van der Waals surface area contributed by atoms with Crippen LogP contribution in [0.1, 0.15) is 55.8 Å². The van der Waals surface area contributed by atoms with E-state index in [0.29, 0.717) is 0 Å². The number of rotatable bonds is 8. The molecule has 0 saturated heterocycles. The van der Waals surface area contributed by atoms with E-state index in [1.165, 1.54) is 14.0 Å². The number of benzene rings is 1. The molecule has 9 heteroatoms. The molecule has 210 valence electrons. The third-order valence-corrected chi connectivity index (χ3v) is 13.2. The summed E-state index contributed by atoms with van der Waals surface area (Å²) in [6, 6.07) is 14.3. The molecule has 3 heterocycles. The average molecular weight is 662 g/mol. The Bertz CT molecular complexity index is 1300. The predicted octanol–water partition coefficient (Wildman–Crippen LogP) is 7.53. The molecule has 2 atom stereocenters. The molecule has 3 aromatic rings. The zero-order valence-electron chi connectivity index (χ0n) is 24.0. The summed E-state index contributed by atoms with van der Waals surface area (Å²) in [7, 11) is -2.23. The smallest absolute Gasteiger partial charge is 0.407 e. The van der Waals surface area contributed by atoms with E-state index in [4.69, 9.17) is 14.1 Å². The second-order valence-electron chi connectivity index (χ2n) is 12.0. The van der Waals surface area contributed by atoms with E-state index in [0.717, 1.165) is 41.4 Å². The maximum atomic E-state index is 12.5. The number of nitrogens with zero attached hydrogens (tertiary/aromatic N) is 3. The number of aromatic nitrogens is 2. The van der Waals surface area contributed by atoms with Gasteiger partial charge in [0.05, 0.1) is 19.2 Å². The number of fused-ring (bicyclic) bond motifs is 1. The average Bonchev–Trinajstić information content (AvgIpc) is 3.20. The Balaban J connectivity index is 1.58. The van der Waals surface area contributed by atoms with E-state index < -0.39 is 20.5 Å². The van der Waals surface area contributed by atoms with Crippen molar-refractivity contribution in [2.75, 3.05) is 13.1 Å². The number of amides is 1. The first-order valence-corrected chi connectivity index (χ1v) is 17.5. The molecule has 7 nitrogen and oxygen atoms in total. The Morgan fingerprint density at radius 1 is 1.21 bits per heavy atom. The second kappa shape index (κ2) is 11.6. The molecule has 1 N–H and O–H groups in total. The van der Waals surface area contributed by atoms with Gasteiger partial charge in [0.2, 0.25) is 0 Å². The minimum Gasteiger partial charge on any atom is -0.488 e. The van der Waals surface area contributed by atoms with Crippen LogP contribution in [-0.2, 0) is 10.8 Å². The van der Waals surface area contributed by atoms with Gasteiger partial charge in [-0.3, -0.25) is 0 Å². The zero-order chi connectivity index (χ0) is 28.5. The van der Waals surface area contributed by atoms with E-state index in [9.17, 15) is 9.90 Å². The Labute approximate surface area is 246 Å². The number of aryl methyl sites for hydroxylation is 3. The highest BCUT2D eigenvalue weighted by atomic mass is 127. The summed E-state index contributed by atoms with van der Waals surface area (Å²) < 4.78 is 16.4. The van der Waals surface area contributed by atoms with Gasteiger partial charge in [-0.05, 0) is 115 Å². The maximum absolute atomic E-state index is 12.5. The lowest BCUT2D eigenvalue weighted by atomic mass is 10.0. The standard InChI is InChI=1S/C30H40IN3O4Si/c1-20-8-9-21(2)34(20)28-15-11-23(17-32-28)27(38-39(6,7)30(3,4)5)19-33(29(35)36)18-25-13-10-22-16-24(31)12-14-26(22)37-25/h8-9,11-12,14-17,25,27H,10,13,18-19H2,1-7H3,(H,35,36)/t25-,27-/m1/s1. The third kappa shape index (κ3) is 6.86. The van der Waals surface area contributed by atoms with E-state index in [1.54, 1.807) is 0 Å². The lowest BCUT2D eigenvalue weighted by Crippen LogP contribution is -2.47. The van der Waals surface area contributed by atoms with Gasteiger partial charge in [0, 0.05) is 21.2 Å². The van der Waals surface area contributed by atoms with Crippen molar-refractivity contribution in [1.82, 2.24) is 14.5 Å². The van der Waals surface area contributed by atoms with Crippen LogP contribution in [0.5, 0.6) is 5.75 Å². The minimum atomic E-state index is -2.23. The molecule has 0 radical (unpaired) electrons. The molecule has 1 aliphatic heterocycles. The normalized spacial score (nSPS) is 16.4. The van der Waals surface area contributed by atoms with Crippen LogP contribution in [0.2, 0.25) is 18.1 Å². The molecular formula is C30H40IN3O4Si. The number of carbonyl (C=O) groups is 1. The number of ether oxygens (including phenoxy) is 1. The van der Waals surface area contributed by atoms with Gasteiger partial charge in [0.1, 0.15) is 17.7 Å². The van der Waals surface area contributed by atoms with Crippen LogP contribution in [0.4, 0.5) is 4.79 Å².